The second-order valence-corrected chi connectivity index (χ2v) is 3.08. The van der Waals surface area contributed by atoms with E-state index in [-0.39, 0.29) is 5.56 Å². The van der Waals surface area contributed by atoms with Crippen molar-refractivity contribution in [1.29, 1.82) is 0 Å². The molecule has 1 N–H and O–H groups in total. The van der Waals surface area contributed by atoms with E-state index in [1.807, 2.05) is 12.1 Å². The molecule has 2 aromatic heterocycles. The zero-order chi connectivity index (χ0) is 11.8. The van der Waals surface area contributed by atoms with Crippen LogP contribution in [0.15, 0.2) is 48.9 Å². The molecule has 0 aliphatic rings. The minimum absolute atomic E-state index is 0.269. The van der Waals surface area contributed by atoms with E-state index >= 15 is 0 Å². The van der Waals surface area contributed by atoms with Crippen molar-refractivity contribution in [1.82, 2.24) is 9.97 Å². The van der Waals surface area contributed by atoms with Gasteiger partial charge in [-0.2, -0.15) is 0 Å². The van der Waals surface area contributed by atoms with Crippen LogP contribution < -0.4 is 0 Å². The van der Waals surface area contributed by atoms with Gasteiger partial charge in [0.25, 0.3) is 0 Å². The number of hydrogen-bond acceptors (Lipinski definition) is 3. The van der Waals surface area contributed by atoms with Crippen LogP contribution in [-0.4, -0.2) is 21.0 Å². The first kappa shape index (κ1) is 12.1. The molecule has 0 unspecified atom stereocenters. The highest BCUT2D eigenvalue weighted by Crippen LogP contribution is 1.98. The van der Waals surface area contributed by atoms with Crippen molar-refractivity contribution < 1.29 is 9.90 Å². The van der Waals surface area contributed by atoms with E-state index in [4.69, 9.17) is 16.7 Å². The summed E-state index contributed by atoms with van der Waals surface area (Å²) in [5.74, 6) is -0.919. The fraction of sp³-hybridized carbons (Fsp3) is 0. The number of rotatable bonds is 1. The predicted octanol–water partition coefficient (Wildman–Crippen LogP) is 2.51. The molecular weight excluding hydrogens is 228 g/mol. The summed E-state index contributed by atoms with van der Waals surface area (Å²) in [5.41, 5.74) is 0.269. The molecule has 0 saturated carbocycles. The summed E-state index contributed by atoms with van der Waals surface area (Å²) in [5, 5.41) is 8.90. The van der Waals surface area contributed by atoms with Gasteiger partial charge in [0.2, 0.25) is 0 Å². The van der Waals surface area contributed by atoms with Gasteiger partial charge in [-0.15, -0.1) is 0 Å². The quantitative estimate of drug-likeness (QED) is 0.773. The lowest BCUT2D eigenvalue weighted by atomic mass is 10.3. The maximum absolute atomic E-state index is 10.2. The summed E-state index contributed by atoms with van der Waals surface area (Å²) in [6, 6.07) is 8.30. The highest BCUT2D eigenvalue weighted by molar-refractivity contribution is 6.29. The monoisotopic (exact) mass is 236 g/mol. The third-order valence-electron chi connectivity index (χ3n) is 1.56. The zero-order valence-corrected chi connectivity index (χ0v) is 9.00. The summed E-state index contributed by atoms with van der Waals surface area (Å²) in [4.78, 5) is 17.6. The smallest absolute Gasteiger partial charge is 0.335 e. The van der Waals surface area contributed by atoms with Crippen LogP contribution in [-0.2, 0) is 0 Å². The lowest BCUT2D eigenvalue weighted by Gasteiger charge is -1.87. The lowest BCUT2D eigenvalue weighted by molar-refractivity contribution is 0.0697. The number of hydrogen-bond donors (Lipinski definition) is 1. The Kier molecular flexibility index (Phi) is 4.95. The molecule has 0 radical (unpaired) electrons. The molecule has 0 atom stereocenters. The normalized spacial score (nSPS) is 8.81. The Labute approximate surface area is 97.6 Å². The molecule has 4 nitrogen and oxygen atoms in total. The van der Waals surface area contributed by atoms with Gasteiger partial charge in [-0.3, -0.25) is 4.98 Å². The summed E-state index contributed by atoms with van der Waals surface area (Å²) in [7, 11) is 0. The topological polar surface area (TPSA) is 63.1 Å². The Bertz CT molecular complexity index is 434. The van der Waals surface area contributed by atoms with Crippen molar-refractivity contribution in [3.05, 3.63) is 59.6 Å². The molecule has 5 heteroatoms. The van der Waals surface area contributed by atoms with Gasteiger partial charge >= 0.3 is 5.97 Å². The van der Waals surface area contributed by atoms with Gasteiger partial charge in [0.05, 0.1) is 5.56 Å². The molecule has 0 aliphatic carbocycles. The Hall–Kier alpha value is -1.94. The largest absolute Gasteiger partial charge is 0.478 e. The number of aromatic nitrogens is 2. The standard InChI is InChI=1S/C6H5NO2.C5H4ClN/c8-6(9)5-1-3-7-4-2-5;6-5-3-1-2-4-7-5/h1-4H,(H,8,9);1-4H. The van der Waals surface area contributed by atoms with Crippen LogP contribution in [0.1, 0.15) is 10.4 Å². The van der Waals surface area contributed by atoms with E-state index < -0.39 is 5.97 Å². The third-order valence-corrected chi connectivity index (χ3v) is 1.78. The summed E-state index contributed by atoms with van der Waals surface area (Å²) >= 11 is 5.43. The maximum Gasteiger partial charge on any atom is 0.335 e. The van der Waals surface area contributed by atoms with Gasteiger partial charge in [0, 0.05) is 18.6 Å². The highest BCUT2D eigenvalue weighted by atomic mass is 35.5. The molecule has 16 heavy (non-hydrogen) atoms. The molecule has 0 spiro atoms. The Morgan fingerprint density at radius 2 is 1.81 bits per heavy atom. The van der Waals surface area contributed by atoms with Gasteiger partial charge < -0.3 is 5.11 Å². The molecule has 0 aromatic carbocycles. The van der Waals surface area contributed by atoms with Crippen molar-refractivity contribution in [3.8, 4) is 0 Å². The Balaban J connectivity index is 0.000000165. The number of carbonyl (C=O) groups is 1. The molecular formula is C11H9ClN2O2. The molecule has 0 saturated heterocycles. The van der Waals surface area contributed by atoms with Gasteiger partial charge in [0.15, 0.2) is 0 Å². The first-order valence-corrected chi connectivity index (χ1v) is 4.78. The molecule has 0 aliphatic heterocycles. The van der Waals surface area contributed by atoms with Gasteiger partial charge in [-0.05, 0) is 24.3 Å². The van der Waals surface area contributed by atoms with Crippen LogP contribution in [0, 0.1) is 0 Å². The average Bonchev–Trinajstić information content (AvgIpc) is 2.32. The minimum Gasteiger partial charge on any atom is -0.478 e. The number of nitrogens with zero attached hydrogens (tertiary/aromatic N) is 2. The molecule has 0 fully saturated rings. The highest BCUT2D eigenvalue weighted by Gasteiger charge is 1.97. The summed E-state index contributed by atoms with van der Waals surface area (Å²) in [6.45, 7) is 0. The number of carboxylic acids is 1. The zero-order valence-electron chi connectivity index (χ0n) is 8.25. The van der Waals surface area contributed by atoms with Crippen LogP contribution >= 0.6 is 11.6 Å². The van der Waals surface area contributed by atoms with E-state index in [1.165, 1.54) is 24.5 Å². The number of halogens is 1. The molecule has 0 amide bonds. The fourth-order valence-electron chi connectivity index (χ4n) is 0.836. The van der Waals surface area contributed by atoms with Crippen LogP contribution in [0.5, 0.6) is 0 Å². The van der Waals surface area contributed by atoms with Crippen LogP contribution in [0.2, 0.25) is 5.15 Å². The predicted molar refractivity (Wildman–Crippen MR) is 60.4 cm³/mol. The summed E-state index contributed by atoms with van der Waals surface area (Å²) in [6.07, 6.45) is 4.55. The maximum atomic E-state index is 10.2. The van der Waals surface area contributed by atoms with Crippen molar-refractivity contribution in [3.63, 3.8) is 0 Å². The van der Waals surface area contributed by atoms with Gasteiger partial charge in [-0.25, -0.2) is 9.78 Å². The molecule has 2 heterocycles. The van der Waals surface area contributed by atoms with Crippen molar-refractivity contribution in [2.75, 3.05) is 0 Å². The van der Waals surface area contributed by atoms with E-state index in [0.29, 0.717) is 5.15 Å². The SMILES string of the molecule is Clc1ccccn1.O=C(O)c1ccncc1. The number of pyridine rings is 2. The Morgan fingerprint density at radius 1 is 1.12 bits per heavy atom. The van der Waals surface area contributed by atoms with E-state index in [2.05, 4.69) is 9.97 Å². The molecule has 2 aromatic rings. The fourth-order valence-corrected chi connectivity index (χ4v) is 0.965. The van der Waals surface area contributed by atoms with E-state index in [9.17, 15) is 4.79 Å². The van der Waals surface area contributed by atoms with Crippen LogP contribution in [0.25, 0.3) is 0 Å². The minimum atomic E-state index is -0.919. The Morgan fingerprint density at radius 3 is 2.12 bits per heavy atom. The molecule has 0 bridgehead atoms. The first-order valence-electron chi connectivity index (χ1n) is 4.40. The van der Waals surface area contributed by atoms with Gasteiger partial charge in [0.1, 0.15) is 5.15 Å². The lowest BCUT2D eigenvalue weighted by Crippen LogP contribution is -1.94. The van der Waals surface area contributed by atoms with E-state index in [1.54, 1.807) is 12.3 Å². The summed E-state index contributed by atoms with van der Waals surface area (Å²) < 4.78 is 0. The first-order chi connectivity index (χ1) is 7.70. The van der Waals surface area contributed by atoms with Crippen LogP contribution in [0.3, 0.4) is 0 Å². The van der Waals surface area contributed by atoms with Crippen molar-refractivity contribution in [2.45, 2.75) is 0 Å². The van der Waals surface area contributed by atoms with Gasteiger partial charge in [-0.1, -0.05) is 17.7 Å². The number of aromatic carboxylic acids is 1. The average molecular weight is 237 g/mol. The van der Waals surface area contributed by atoms with Crippen molar-refractivity contribution >= 4 is 17.6 Å². The second kappa shape index (κ2) is 6.53. The molecule has 82 valence electrons. The third kappa shape index (κ3) is 4.52. The second-order valence-electron chi connectivity index (χ2n) is 2.69. The van der Waals surface area contributed by atoms with Crippen molar-refractivity contribution in [2.24, 2.45) is 0 Å². The number of carboxylic acid groups (broad SMARTS) is 1. The van der Waals surface area contributed by atoms with Crippen LogP contribution in [0.4, 0.5) is 0 Å². The molecule has 2 rings (SSSR count). The van der Waals surface area contributed by atoms with E-state index in [0.717, 1.165) is 0 Å².